The monoisotopic (exact) mass is 403 g/mol. The van der Waals surface area contributed by atoms with Crippen molar-refractivity contribution < 1.29 is 23.8 Å². The summed E-state index contributed by atoms with van der Waals surface area (Å²) in [6, 6.07) is 19.6. The molecule has 0 heterocycles. The van der Waals surface area contributed by atoms with Crippen molar-refractivity contribution in [3.8, 4) is 17.6 Å². The van der Waals surface area contributed by atoms with Crippen molar-refractivity contribution >= 4 is 17.6 Å². The van der Waals surface area contributed by atoms with E-state index in [1.54, 1.807) is 54.6 Å². The number of benzene rings is 3. The summed E-state index contributed by atoms with van der Waals surface area (Å²) in [6.07, 6.45) is 1.58. The van der Waals surface area contributed by atoms with Crippen molar-refractivity contribution in [2.75, 3.05) is 7.11 Å². The Hall–Kier alpha value is -4.11. The zero-order valence-electron chi connectivity index (χ0n) is 16.1. The Morgan fingerprint density at radius 2 is 1.83 bits per heavy atom. The van der Waals surface area contributed by atoms with Crippen molar-refractivity contribution in [2.45, 2.75) is 6.61 Å². The van der Waals surface area contributed by atoms with Gasteiger partial charge in [0.2, 0.25) is 0 Å². The van der Waals surface area contributed by atoms with Gasteiger partial charge < -0.3 is 14.6 Å². The van der Waals surface area contributed by atoms with Gasteiger partial charge in [0.25, 0.3) is 0 Å². The van der Waals surface area contributed by atoms with Gasteiger partial charge in [-0.15, -0.1) is 0 Å². The predicted molar refractivity (Wildman–Crippen MR) is 111 cm³/mol. The largest absolute Gasteiger partial charge is 0.493 e. The van der Waals surface area contributed by atoms with E-state index in [0.717, 1.165) is 5.56 Å². The Labute approximate surface area is 173 Å². The standard InChI is InChI=1S/C24H18FNO4/c1-29-23-13-17(12-19(14-26)20-4-2-3-5-21(20)25)8-11-22(23)30-15-16-6-9-18(10-7-16)24(27)28/h2-13H,15H2,1H3,(H,27,28). The molecule has 3 aromatic carbocycles. The summed E-state index contributed by atoms with van der Waals surface area (Å²) < 4.78 is 25.2. The topological polar surface area (TPSA) is 79.5 Å². The third kappa shape index (κ3) is 4.83. The summed E-state index contributed by atoms with van der Waals surface area (Å²) in [5, 5.41) is 18.4. The highest BCUT2D eigenvalue weighted by Gasteiger charge is 2.10. The van der Waals surface area contributed by atoms with Crippen molar-refractivity contribution in [3.63, 3.8) is 0 Å². The second-order valence-corrected chi connectivity index (χ2v) is 6.35. The Morgan fingerprint density at radius 3 is 2.47 bits per heavy atom. The molecule has 0 aliphatic rings. The smallest absolute Gasteiger partial charge is 0.335 e. The molecule has 30 heavy (non-hydrogen) atoms. The van der Waals surface area contributed by atoms with Crippen molar-refractivity contribution in [2.24, 2.45) is 0 Å². The molecule has 0 atom stereocenters. The van der Waals surface area contributed by atoms with Crippen LogP contribution in [0.2, 0.25) is 0 Å². The molecule has 0 aromatic heterocycles. The minimum Gasteiger partial charge on any atom is -0.493 e. The Balaban J connectivity index is 1.80. The summed E-state index contributed by atoms with van der Waals surface area (Å²) in [5.41, 5.74) is 2.09. The van der Waals surface area contributed by atoms with Gasteiger partial charge in [0, 0.05) is 5.56 Å². The fourth-order valence-corrected chi connectivity index (χ4v) is 2.81. The summed E-state index contributed by atoms with van der Waals surface area (Å²) in [7, 11) is 1.50. The summed E-state index contributed by atoms with van der Waals surface area (Å²) in [4.78, 5) is 10.9. The highest BCUT2D eigenvalue weighted by molar-refractivity contribution is 5.90. The second kappa shape index (κ2) is 9.39. The van der Waals surface area contributed by atoms with Crippen LogP contribution in [-0.4, -0.2) is 18.2 Å². The maximum atomic E-state index is 14.0. The third-order valence-electron chi connectivity index (χ3n) is 4.38. The fourth-order valence-electron chi connectivity index (χ4n) is 2.81. The van der Waals surface area contributed by atoms with Crippen LogP contribution in [0.4, 0.5) is 4.39 Å². The Kier molecular flexibility index (Phi) is 6.46. The van der Waals surface area contributed by atoms with E-state index in [9.17, 15) is 14.4 Å². The minimum atomic E-state index is -0.986. The lowest BCUT2D eigenvalue weighted by atomic mass is 10.0. The molecule has 0 bridgehead atoms. The third-order valence-corrected chi connectivity index (χ3v) is 4.38. The van der Waals surface area contributed by atoms with Crippen LogP contribution in [0, 0.1) is 17.1 Å². The number of methoxy groups -OCH3 is 1. The molecule has 0 saturated heterocycles. The number of allylic oxidation sites excluding steroid dienone is 1. The van der Waals surface area contributed by atoms with Crippen molar-refractivity contribution in [3.05, 3.63) is 94.8 Å². The first-order valence-corrected chi connectivity index (χ1v) is 9.01. The number of nitrogens with zero attached hydrogens (tertiary/aromatic N) is 1. The number of ether oxygens (including phenoxy) is 2. The van der Waals surface area contributed by atoms with Crippen LogP contribution in [0.1, 0.15) is 27.0 Å². The van der Waals surface area contributed by atoms with Gasteiger partial charge in [-0.1, -0.05) is 36.4 Å². The molecule has 0 aliphatic carbocycles. The molecule has 1 N–H and O–H groups in total. The molecule has 0 fully saturated rings. The number of halogens is 1. The minimum absolute atomic E-state index is 0.197. The van der Waals surface area contributed by atoms with E-state index in [1.165, 1.54) is 25.3 Å². The van der Waals surface area contributed by atoms with Crippen molar-refractivity contribution in [1.29, 1.82) is 5.26 Å². The van der Waals surface area contributed by atoms with Crippen LogP contribution < -0.4 is 9.47 Å². The van der Waals surface area contributed by atoms with Crippen LogP contribution in [0.3, 0.4) is 0 Å². The van der Waals surface area contributed by atoms with Gasteiger partial charge in [-0.3, -0.25) is 0 Å². The van der Waals surface area contributed by atoms with E-state index in [4.69, 9.17) is 14.6 Å². The maximum Gasteiger partial charge on any atom is 0.335 e. The molecular formula is C24H18FNO4. The molecular weight excluding hydrogens is 385 g/mol. The molecule has 0 aliphatic heterocycles. The molecule has 0 radical (unpaired) electrons. The lowest BCUT2D eigenvalue weighted by Crippen LogP contribution is -2.00. The molecule has 0 amide bonds. The van der Waals surface area contributed by atoms with Crippen LogP contribution in [-0.2, 0) is 6.61 Å². The Morgan fingerprint density at radius 1 is 1.10 bits per heavy atom. The van der Waals surface area contributed by atoms with Gasteiger partial charge in [0.1, 0.15) is 12.4 Å². The van der Waals surface area contributed by atoms with Gasteiger partial charge in [-0.25, -0.2) is 9.18 Å². The highest BCUT2D eigenvalue weighted by atomic mass is 19.1. The molecule has 0 saturated carbocycles. The van der Waals surface area contributed by atoms with E-state index in [-0.39, 0.29) is 23.3 Å². The average Bonchev–Trinajstić information content (AvgIpc) is 2.77. The van der Waals surface area contributed by atoms with Gasteiger partial charge in [0.05, 0.1) is 24.3 Å². The van der Waals surface area contributed by atoms with E-state index < -0.39 is 11.8 Å². The molecule has 0 unspecified atom stereocenters. The molecule has 0 spiro atoms. The first-order valence-electron chi connectivity index (χ1n) is 9.01. The second-order valence-electron chi connectivity index (χ2n) is 6.35. The van der Waals surface area contributed by atoms with E-state index >= 15 is 0 Å². The van der Waals surface area contributed by atoms with Crippen molar-refractivity contribution in [1.82, 2.24) is 0 Å². The zero-order chi connectivity index (χ0) is 21.5. The summed E-state index contributed by atoms with van der Waals surface area (Å²) >= 11 is 0. The number of aromatic carboxylic acids is 1. The maximum absolute atomic E-state index is 14.0. The molecule has 5 nitrogen and oxygen atoms in total. The van der Waals surface area contributed by atoms with Crippen LogP contribution >= 0.6 is 0 Å². The normalized spacial score (nSPS) is 10.9. The molecule has 6 heteroatoms. The van der Waals surface area contributed by atoms with Gasteiger partial charge in [0.15, 0.2) is 11.5 Å². The zero-order valence-corrected chi connectivity index (χ0v) is 16.1. The van der Waals surface area contributed by atoms with Crippen LogP contribution in [0.25, 0.3) is 11.6 Å². The lowest BCUT2D eigenvalue weighted by Gasteiger charge is -2.12. The van der Waals surface area contributed by atoms with Gasteiger partial charge >= 0.3 is 5.97 Å². The van der Waals surface area contributed by atoms with E-state index in [0.29, 0.717) is 17.1 Å². The molecule has 150 valence electrons. The lowest BCUT2D eigenvalue weighted by molar-refractivity contribution is 0.0697. The number of nitriles is 1. The first-order chi connectivity index (χ1) is 14.5. The van der Waals surface area contributed by atoms with Crippen LogP contribution in [0.5, 0.6) is 11.5 Å². The van der Waals surface area contributed by atoms with E-state index in [2.05, 4.69) is 0 Å². The first kappa shape index (κ1) is 20.6. The Bertz CT molecular complexity index is 1130. The number of carboxylic acids is 1. The van der Waals surface area contributed by atoms with Crippen LogP contribution in [0.15, 0.2) is 66.7 Å². The predicted octanol–water partition coefficient (Wildman–Crippen LogP) is 5.18. The molecule has 3 aromatic rings. The summed E-state index contributed by atoms with van der Waals surface area (Å²) in [6.45, 7) is 0.226. The SMILES string of the molecule is COc1cc(C=C(C#N)c2ccccc2F)ccc1OCc1ccc(C(=O)O)cc1. The van der Waals surface area contributed by atoms with E-state index in [1.807, 2.05) is 6.07 Å². The number of carbonyl (C=O) groups is 1. The average molecular weight is 403 g/mol. The molecule has 3 rings (SSSR count). The highest BCUT2D eigenvalue weighted by Crippen LogP contribution is 2.31. The number of carboxylic acid groups (broad SMARTS) is 1. The van der Waals surface area contributed by atoms with Gasteiger partial charge in [-0.2, -0.15) is 5.26 Å². The number of rotatable bonds is 7. The quantitative estimate of drug-likeness (QED) is 0.435. The summed E-state index contributed by atoms with van der Waals surface area (Å²) in [5.74, 6) is -0.510. The number of hydrogen-bond acceptors (Lipinski definition) is 4. The fraction of sp³-hybridized carbons (Fsp3) is 0.0833. The van der Waals surface area contributed by atoms with Gasteiger partial charge in [-0.05, 0) is 47.5 Å². The number of hydrogen-bond donors (Lipinski definition) is 1.